The maximum atomic E-state index is 12.0. The quantitative estimate of drug-likeness (QED) is 0.839. The van der Waals surface area contributed by atoms with Crippen LogP contribution in [-0.4, -0.2) is 34.5 Å². The molecule has 1 aromatic rings. The average Bonchev–Trinajstić information content (AvgIpc) is 2.77. The molecule has 106 valence electrons. The number of carboxylic acids is 1. The molecule has 5 heteroatoms. The number of rotatable bonds is 5. The number of benzene rings is 1. The lowest BCUT2D eigenvalue weighted by molar-refractivity contribution is -0.148. The number of amides is 1. The third-order valence-corrected chi connectivity index (χ3v) is 3.99. The Labute approximate surface area is 126 Å². The topological polar surface area (TPSA) is 57.6 Å². The molecule has 2 unspecified atom stereocenters. The molecule has 1 fully saturated rings. The van der Waals surface area contributed by atoms with Crippen molar-refractivity contribution >= 4 is 27.8 Å². The van der Waals surface area contributed by atoms with E-state index in [-0.39, 0.29) is 11.8 Å². The number of hydrogen-bond acceptors (Lipinski definition) is 2. The molecule has 1 N–H and O–H groups in total. The summed E-state index contributed by atoms with van der Waals surface area (Å²) in [7, 11) is 0. The third kappa shape index (κ3) is 3.28. The fraction of sp³-hybridized carbons (Fsp3) is 0.333. The van der Waals surface area contributed by atoms with E-state index in [1.54, 1.807) is 6.08 Å². The highest BCUT2D eigenvalue weighted by molar-refractivity contribution is 9.10. The highest BCUT2D eigenvalue weighted by Gasteiger charge is 2.36. The minimum Gasteiger partial charge on any atom is -0.480 e. The monoisotopic (exact) mass is 337 g/mol. The SMILES string of the molecule is C=CC1CC(=O)N(C(Cc2cccc(Br)c2)C(=O)O)C1. The summed E-state index contributed by atoms with van der Waals surface area (Å²) >= 11 is 3.36. The molecule has 1 saturated heterocycles. The lowest BCUT2D eigenvalue weighted by atomic mass is 10.0. The van der Waals surface area contributed by atoms with Crippen molar-refractivity contribution in [3.63, 3.8) is 0 Å². The van der Waals surface area contributed by atoms with Crippen molar-refractivity contribution in [2.75, 3.05) is 6.54 Å². The van der Waals surface area contributed by atoms with Crippen LogP contribution in [0.3, 0.4) is 0 Å². The summed E-state index contributed by atoms with van der Waals surface area (Å²) in [6.45, 7) is 4.12. The van der Waals surface area contributed by atoms with Crippen molar-refractivity contribution in [2.24, 2.45) is 5.92 Å². The summed E-state index contributed by atoms with van der Waals surface area (Å²) in [5, 5.41) is 9.41. The van der Waals surface area contributed by atoms with Gasteiger partial charge in [-0.2, -0.15) is 0 Å². The molecular formula is C15H16BrNO3. The molecule has 1 aliphatic rings. The van der Waals surface area contributed by atoms with E-state index in [9.17, 15) is 14.7 Å². The Morgan fingerprint density at radius 1 is 1.60 bits per heavy atom. The summed E-state index contributed by atoms with van der Waals surface area (Å²) in [6.07, 6.45) is 2.38. The van der Waals surface area contributed by atoms with E-state index in [4.69, 9.17) is 0 Å². The van der Waals surface area contributed by atoms with Crippen LogP contribution in [0.2, 0.25) is 0 Å². The highest BCUT2D eigenvalue weighted by Crippen LogP contribution is 2.23. The number of carbonyl (C=O) groups is 2. The van der Waals surface area contributed by atoms with Gasteiger partial charge in [-0.25, -0.2) is 4.79 Å². The molecule has 0 aliphatic carbocycles. The van der Waals surface area contributed by atoms with Crippen LogP contribution in [0, 0.1) is 5.92 Å². The van der Waals surface area contributed by atoms with Gasteiger partial charge in [-0.15, -0.1) is 6.58 Å². The van der Waals surface area contributed by atoms with Crippen molar-refractivity contribution in [1.29, 1.82) is 0 Å². The maximum absolute atomic E-state index is 12.0. The first kappa shape index (κ1) is 14.8. The Hall–Kier alpha value is -1.62. The number of hydrogen-bond donors (Lipinski definition) is 1. The second-order valence-electron chi connectivity index (χ2n) is 4.93. The van der Waals surface area contributed by atoms with Crippen LogP contribution in [0.1, 0.15) is 12.0 Å². The average molecular weight is 338 g/mol. The molecule has 1 aliphatic heterocycles. The zero-order valence-electron chi connectivity index (χ0n) is 11.0. The van der Waals surface area contributed by atoms with Crippen molar-refractivity contribution in [2.45, 2.75) is 18.9 Å². The van der Waals surface area contributed by atoms with Crippen LogP contribution in [0.15, 0.2) is 41.4 Å². The predicted octanol–water partition coefficient (Wildman–Crippen LogP) is 2.48. The first-order valence-corrected chi connectivity index (χ1v) is 7.20. The highest BCUT2D eigenvalue weighted by atomic mass is 79.9. The zero-order valence-corrected chi connectivity index (χ0v) is 12.5. The normalized spacial score (nSPS) is 19.9. The molecule has 1 aromatic carbocycles. The summed E-state index contributed by atoms with van der Waals surface area (Å²) < 4.78 is 0.899. The van der Waals surface area contributed by atoms with Gasteiger partial charge >= 0.3 is 5.97 Å². The van der Waals surface area contributed by atoms with Gasteiger partial charge in [0.2, 0.25) is 5.91 Å². The summed E-state index contributed by atoms with van der Waals surface area (Å²) in [5.74, 6) is -1.04. The van der Waals surface area contributed by atoms with E-state index in [2.05, 4.69) is 22.5 Å². The van der Waals surface area contributed by atoms with Crippen molar-refractivity contribution in [3.05, 3.63) is 47.0 Å². The molecule has 0 aromatic heterocycles. The third-order valence-electron chi connectivity index (χ3n) is 3.50. The summed E-state index contributed by atoms with van der Waals surface area (Å²) in [4.78, 5) is 24.9. The molecule has 20 heavy (non-hydrogen) atoms. The molecule has 0 radical (unpaired) electrons. The zero-order chi connectivity index (χ0) is 14.7. The molecular weight excluding hydrogens is 322 g/mol. The van der Waals surface area contributed by atoms with E-state index < -0.39 is 12.0 Å². The van der Waals surface area contributed by atoms with Crippen LogP contribution < -0.4 is 0 Å². The van der Waals surface area contributed by atoms with Gasteiger partial charge in [-0.3, -0.25) is 4.79 Å². The first-order chi connectivity index (χ1) is 9.51. The molecule has 1 amide bonds. The number of halogens is 1. The van der Waals surface area contributed by atoms with E-state index in [1.807, 2.05) is 24.3 Å². The molecule has 0 bridgehead atoms. The van der Waals surface area contributed by atoms with Gasteiger partial charge in [0.1, 0.15) is 6.04 Å². The van der Waals surface area contributed by atoms with Gasteiger partial charge in [0.05, 0.1) is 0 Å². The first-order valence-electron chi connectivity index (χ1n) is 6.40. The number of aliphatic carboxylic acids is 1. The van der Waals surface area contributed by atoms with Crippen LogP contribution in [0.4, 0.5) is 0 Å². The summed E-state index contributed by atoms with van der Waals surface area (Å²) in [5.41, 5.74) is 0.890. The van der Waals surface area contributed by atoms with E-state index in [0.29, 0.717) is 19.4 Å². The van der Waals surface area contributed by atoms with Crippen LogP contribution in [0.25, 0.3) is 0 Å². The standard InChI is InChI=1S/C15H16BrNO3/c1-2-10-8-14(18)17(9-10)13(15(19)20)7-11-4-3-5-12(16)6-11/h2-6,10,13H,1,7-9H2,(H,19,20). The largest absolute Gasteiger partial charge is 0.480 e. The van der Waals surface area contributed by atoms with Gasteiger partial charge in [-0.1, -0.05) is 34.1 Å². The van der Waals surface area contributed by atoms with Gasteiger partial charge < -0.3 is 10.0 Å². The van der Waals surface area contributed by atoms with E-state index >= 15 is 0 Å². The lowest BCUT2D eigenvalue weighted by Gasteiger charge is -2.24. The maximum Gasteiger partial charge on any atom is 0.326 e. The van der Waals surface area contributed by atoms with Gasteiger partial charge in [0.25, 0.3) is 0 Å². The second-order valence-corrected chi connectivity index (χ2v) is 5.85. The number of likely N-dealkylation sites (tertiary alicyclic amines) is 1. The Morgan fingerprint density at radius 2 is 2.35 bits per heavy atom. The molecule has 2 atom stereocenters. The Kier molecular flexibility index (Phi) is 4.60. The smallest absolute Gasteiger partial charge is 0.326 e. The number of nitrogens with zero attached hydrogens (tertiary/aromatic N) is 1. The molecule has 1 heterocycles. The molecule has 0 saturated carbocycles. The van der Waals surface area contributed by atoms with Crippen molar-refractivity contribution in [1.82, 2.24) is 4.90 Å². The summed E-state index contributed by atoms with van der Waals surface area (Å²) in [6, 6.07) is 6.67. The van der Waals surface area contributed by atoms with Crippen molar-refractivity contribution < 1.29 is 14.7 Å². The minimum atomic E-state index is -0.969. The Morgan fingerprint density at radius 3 is 2.90 bits per heavy atom. The van der Waals surface area contributed by atoms with E-state index in [0.717, 1.165) is 10.0 Å². The lowest BCUT2D eigenvalue weighted by Crippen LogP contribution is -2.43. The van der Waals surface area contributed by atoms with Crippen LogP contribution in [0.5, 0.6) is 0 Å². The molecule has 4 nitrogen and oxygen atoms in total. The second kappa shape index (κ2) is 6.22. The Balaban J connectivity index is 2.18. The Bertz CT molecular complexity index is 544. The number of carbonyl (C=O) groups excluding carboxylic acids is 1. The fourth-order valence-electron chi connectivity index (χ4n) is 2.44. The van der Waals surface area contributed by atoms with Gasteiger partial charge in [-0.05, 0) is 17.7 Å². The van der Waals surface area contributed by atoms with Crippen molar-refractivity contribution in [3.8, 4) is 0 Å². The van der Waals surface area contributed by atoms with Crippen LogP contribution in [-0.2, 0) is 16.0 Å². The fourth-order valence-corrected chi connectivity index (χ4v) is 2.88. The van der Waals surface area contributed by atoms with Gasteiger partial charge in [0, 0.05) is 29.8 Å². The van der Waals surface area contributed by atoms with Gasteiger partial charge in [0.15, 0.2) is 0 Å². The molecule has 0 spiro atoms. The number of carboxylic acid groups (broad SMARTS) is 1. The molecule has 2 rings (SSSR count). The van der Waals surface area contributed by atoms with Crippen LogP contribution >= 0.6 is 15.9 Å². The van der Waals surface area contributed by atoms with E-state index in [1.165, 1.54) is 4.90 Å². The minimum absolute atomic E-state index is 0.0480. The predicted molar refractivity (Wildman–Crippen MR) is 79.3 cm³/mol.